The van der Waals surface area contributed by atoms with Crippen molar-refractivity contribution in [1.82, 2.24) is 0 Å². The molecule has 0 amide bonds. The van der Waals surface area contributed by atoms with Gasteiger partial charge in [-0.25, -0.2) is 0 Å². The van der Waals surface area contributed by atoms with Crippen LogP contribution in [0.3, 0.4) is 0 Å². The Labute approximate surface area is 150 Å². The Morgan fingerprint density at radius 3 is 2.68 bits per heavy atom. The van der Waals surface area contributed by atoms with E-state index in [-0.39, 0.29) is 13.2 Å². The van der Waals surface area contributed by atoms with Crippen molar-refractivity contribution in [1.29, 1.82) is 0 Å². The molecule has 2 aromatic rings. The Hall–Kier alpha value is -1.47. The first-order valence-electron chi connectivity index (χ1n) is 8.11. The zero-order chi connectivity index (χ0) is 17.4. The third kappa shape index (κ3) is 2.97. The Balaban J connectivity index is 1.70. The molecule has 2 saturated heterocycles. The van der Waals surface area contributed by atoms with E-state index in [1.165, 1.54) is 0 Å². The zero-order valence-electron chi connectivity index (χ0n) is 13.3. The van der Waals surface area contributed by atoms with Crippen LogP contribution in [0.4, 0.5) is 0 Å². The summed E-state index contributed by atoms with van der Waals surface area (Å²) in [5.74, 6) is 0. The van der Waals surface area contributed by atoms with Crippen LogP contribution in [0.25, 0.3) is 0 Å². The van der Waals surface area contributed by atoms with Gasteiger partial charge in [0.25, 0.3) is 0 Å². The molecule has 2 aromatic carbocycles. The van der Waals surface area contributed by atoms with Gasteiger partial charge in [0.05, 0.1) is 13.2 Å². The van der Waals surface area contributed by atoms with E-state index in [1.54, 1.807) is 18.2 Å². The Morgan fingerprint density at radius 2 is 1.92 bits per heavy atom. The summed E-state index contributed by atoms with van der Waals surface area (Å²) >= 11 is 6.03. The minimum Gasteiger partial charge on any atom is -0.387 e. The number of aliphatic hydroxyl groups is 2. The Bertz CT molecular complexity index is 740. The molecule has 2 aliphatic rings. The highest BCUT2D eigenvalue weighted by molar-refractivity contribution is 6.30. The van der Waals surface area contributed by atoms with Gasteiger partial charge < -0.3 is 24.4 Å². The summed E-state index contributed by atoms with van der Waals surface area (Å²) in [7, 11) is 0. The van der Waals surface area contributed by atoms with Crippen LogP contribution in [0.5, 0.6) is 0 Å². The number of hydrogen-bond donors (Lipinski definition) is 2. The quantitative estimate of drug-likeness (QED) is 0.858. The van der Waals surface area contributed by atoms with E-state index in [0.29, 0.717) is 10.6 Å². The van der Waals surface area contributed by atoms with Crippen LogP contribution >= 0.6 is 11.6 Å². The van der Waals surface area contributed by atoms with Gasteiger partial charge >= 0.3 is 0 Å². The minimum atomic E-state index is -1.65. The topological polar surface area (TPSA) is 68.2 Å². The zero-order valence-corrected chi connectivity index (χ0v) is 14.1. The van der Waals surface area contributed by atoms with Gasteiger partial charge in [-0.2, -0.15) is 0 Å². The van der Waals surface area contributed by atoms with Crippen molar-refractivity contribution in [3.8, 4) is 0 Å². The highest BCUT2D eigenvalue weighted by atomic mass is 35.5. The molecule has 25 heavy (non-hydrogen) atoms. The fourth-order valence-corrected chi connectivity index (χ4v) is 3.59. The molecule has 2 fully saturated rings. The van der Waals surface area contributed by atoms with Crippen molar-refractivity contribution in [2.24, 2.45) is 0 Å². The van der Waals surface area contributed by atoms with Crippen molar-refractivity contribution in [2.75, 3.05) is 13.2 Å². The molecule has 5 atom stereocenters. The standard InChI is InChI=1S/C19H18ClO5/c20-14-8-4-7-13(9-14)19(22)16(21)11-23-15-10-24-18(25-17(15)19)12-5-2-1-3-6-12/h1-7,9,15-18,21-22H,10-11H2/t15-,16+,17-,18?,19-/m1/s1. The van der Waals surface area contributed by atoms with Gasteiger partial charge in [-0.05, 0) is 11.6 Å². The number of ether oxygens (including phenoxy) is 3. The largest absolute Gasteiger partial charge is 0.387 e. The number of aliphatic hydroxyl groups excluding tert-OH is 1. The van der Waals surface area contributed by atoms with Crippen molar-refractivity contribution in [3.05, 3.63) is 70.7 Å². The van der Waals surface area contributed by atoms with Gasteiger partial charge in [-0.3, -0.25) is 0 Å². The van der Waals surface area contributed by atoms with E-state index in [1.807, 2.05) is 30.3 Å². The first kappa shape index (κ1) is 17.0. The molecule has 6 heteroatoms. The molecule has 2 N–H and O–H groups in total. The van der Waals surface area contributed by atoms with E-state index in [4.69, 9.17) is 25.8 Å². The number of fused-ring (bicyclic) bond motifs is 1. The summed E-state index contributed by atoms with van der Waals surface area (Å²) in [6.45, 7) is 0.239. The van der Waals surface area contributed by atoms with Gasteiger partial charge in [-0.1, -0.05) is 54.1 Å². The maximum atomic E-state index is 11.4. The second kappa shape index (κ2) is 6.68. The van der Waals surface area contributed by atoms with Crippen LogP contribution in [0.2, 0.25) is 5.02 Å². The highest BCUT2D eigenvalue weighted by Gasteiger charge is 2.56. The molecular formula is C19H18ClO5. The first-order valence-corrected chi connectivity index (χ1v) is 8.48. The molecule has 0 aromatic heterocycles. The summed E-state index contributed by atoms with van der Waals surface area (Å²) < 4.78 is 17.4. The molecule has 0 spiro atoms. The van der Waals surface area contributed by atoms with Gasteiger partial charge in [0, 0.05) is 16.7 Å². The monoisotopic (exact) mass is 361 g/mol. The van der Waals surface area contributed by atoms with Crippen molar-refractivity contribution in [3.63, 3.8) is 0 Å². The van der Waals surface area contributed by atoms with Gasteiger partial charge in [0.1, 0.15) is 23.9 Å². The van der Waals surface area contributed by atoms with Crippen LogP contribution in [0.15, 0.2) is 48.5 Å². The summed E-state index contributed by atoms with van der Waals surface area (Å²) in [6, 6.07) is 17.2. The fourth-order valence-electron chi connectivity index (χ4n) is 3.41. The lowest BCUT2D eigenvalue weighted by Gasteiger charge is -2.50. The smallest absolute Gasteiger partial charge is 0.184 e. The fraction of sp³-hybridized carbons (Fsp3) is 0.368. The van der Waals surface area contributed by atoms with Gasteiger partial charge in [0.2, 0.25) is 0 Å². The normalized spacial score (nSPS) is 35.2. The number of benzene rings is 2. The van der Waals surface area contributed by atoms with Crippen LogP contribution in [0.1, 0.15) is 17.4 Å². The van der Waals surface area contributed by atoms with Crippen molar-refractivity contribution >= 4 is 11.6 Å². The number of halogens is 1. The molecule has 0 aliphatic carbocycles. The Kier molecular flexibility index (Phi) is 4.54. The molecule has 5 nitrogen and oxygen atoms in total. The van der Waals surface area contributed by atoms with Gasteiger partial charge in [-0.15, -0.1) is 0 Å². The summed E-state index contributed by atoms with van der Waals surface area (Å²) in [4.78, 5) is 0. The Morgan fingerprint density at radius 1 is 1.12 bits per heavy atom. The van der Waals surface area contributed by atoms with Crippen molar-refractivity contribution < 1.29 is 24.4 Å². The molecule has 1 radical (unpaired) electrons. The molecular weight excluding hydrogens is 344 g/mol. The average molecular weight is 362 g/mol. The summed E-state index contributed by atoms with van der Waals surface area (Å²) in [5.41, 5.74) is -0.350. The third-order valence-corrected chi connectivity index (χ3v) is 4.95. The molecule has 1 unspecified atom stereocenters. The molecule has 2 aliphatic heterocycles. The van der Waals surface area contributed by atoms with Crippen LogP contribution < -0.4 is 0 Å². The minimum absolute atomic E-state index is 0.0172. The maximum Gasteiger partial charge on any atom is 0.184 e. The van der Waals surface area contributed by atoms with E-state index >= 15 is 0 Å². The highest BCUT2D eigenvalue weighted by Crippen LogP contribution is 2.42. The second-order valence-electron chi connectivity index (χ2n) is 6.27. The molecule has 4 rings (SSSR count). The molecule has 2 heterocycles. The van der Waals surface area contributed by atoms with E-state index in [0.717, 1.165) is 5.56 Å². The first-order chi connectivity index (χ1) is 12.1. The van der Waals surface area contributed by atoms with E-state index in [9.17, 15) is 10.2 Å². The number of hydrogen-bond acceptors (Lipinski definition) is 5. The number of rotatable bonds is 2. The van der Waals surface area contributed by atoms with E-state index < -0.39 is 30.2 Å². The molecule has 0 bridgehead atoms. The van der Waals surface area contributed by atoms with Crippen LogP contribution in [-0.4, -0.2) is 41.7 Å². The SMILES string of the molecule is O[C@H]1CO[C@@H]2COC(c3ccccc3)O[C@H]2[C@@]1(O)c1cc[c]c(Cl)c1. The molecule has 131 valence electrons. The maximum absolute atomic E-state index is 11.4. The van der Waals surface area contributed by atoms with Gasteiger partial charge in [0.15, 0.2) is 6.29 Å². The average Bonchev–Trinajstić information content (AvgIpc) is 2.65. The van der Waals surface area contributed by atoms with Crippen LogP contribution in [0, 0.1) is 6.07 Å². The lowest BCUT2D eigenvalue weighted by atomic mass is 9.78. The second-order valence-corrected chi connectivity index (χ2v) is 6.68. The lowest BCUT2D eigenvalue weighted by molar-refractivity contribution is -0.345. The van der Waals surface area contributed by atoms with Crippen molar-refractivity contribution in [2.45, 2.75) is 30.2 Å². The predicted molar refractivity (Wildman–Crippen MR) is 89.9 cm³/mol. The van der Waals surface area contributed by atoms with E-state index in [2.05, 4.69) is 6.07 Å². The summed E-state index contributed by atoms with van der Waals surface area (Å²) in [6.07, 6.45) is -3.08. The summed E-state index contributed by atoms with van der Waals surface area (Å²) in [5, 5.41) is 22.3. The molecule has 0 saturated carbocycles. The third-order valence-electron chi connectivity index (χ3n) is 4.73. The predicted octanol–water partition coefficient (Wildman–Crippen LogP) is 2.20. The van der Waals surface area contributed by atoms with Crippen LogP contribution in [-0.2, 0) is 19.8 Å². The lowest BCUT2D eigenvalue weighted by Crippen LogP contribution is -2.64.